The van der Waals surface area contributed by atoms with Crippen molar-refractivity contribution in [1.82, 2.24) is 15.0 Å². The third kappa shape index (κ3) is 2.23. The van der Waals surface area contributed by atoms with Gasteiger partial charge in [0.15, 0.2) is 5.65 Å². The second-order valence-electron chi connectivity index (χ2n) is 3.96. The molecule has 0 radical (unpaired) electrons. The maximum absolute atomic E-state index is 7.51. The van der Waals surface area contributed by atoms with E-state index in [0.717, 1.165) is 5.69 Å². The van der Waals surface area contributed by atoms with Crippen LogP contribution in [0, 0.1) is 0 Å². The monoisotopic (exact) mass is 252 g/mol. The Kier molecular flexibility index (Phi) is 2.73. The van der Waals surface area contributed by atoms with Gasteiger partial charge in [0.2, 0.25) is 0 Å². The average Bonchev–Trinajstić information content (AvgIpc) is 2.49. The van der Waals surface area contributed by atoms with E-state index in [-0.39, 0.29) is 6.17 Å². The molecule has 0 aliphatic rings. The maximum atomic E-state index is 7.51. The fraction of sp³-hybridized carbons (Fsp3) is 0.0714. The summed E-state index contributed by atoms with van der Waals surface area (Å²) in [6, 6.07) is 13.4. The zero-order valence-electron chi connectivity index (χ0n) is 11.2. The molecule has 19 heavy (non-hydrogen) atoms. The lowest BCUT2D eigenvalue weighted by Gasteiger charge is -2.21. The molecule has 0 unspecified atom stereocenters. The molecule has 0 atom stereocenters. The van der Waals surface area contributed by atoms with Crippen molar-refractivity contribution < 1.29 is 1.37 Å². The normalized spacial score (nSPS) is 11.3. The Morgan fingerprint density at radius 1 is 1.11 bits per heavy atom. The van der Waals surface area contributed by atoms with Crippen LogP contribution in [0.2, 0.25) is 0 Å². The fourth-order valence-electron chi connectivity index (χ4n) is 1.89. The highest BCUT2D eigenvalue weighted by molar-refractivity contribution is 5.73. The molecule has 0 bridgehead atoms. The number of fused-ring (bicyclic) bond motifs is 1. The largest absolute Gasteiger partial charge is 0.314 e. The summed E-state index contributed by atoms with van der Waals surface area (Å²) in [5.41, 5.74) is 7.89. The first kappa shape index (κ1) is 10.4. The van der Waals surface area contributed by atoms with Crippen molar-refractivity contribution in [1.29, 1.82) is 0 Å². The van der Waals surface area contributed by atoms with Gasteiger partial charge in [0, 0.05) is 18.1 Å². The predicted molar refractivity (Wildman–Crippen MR) is 75.0 cm³/mol. The predicted octanol–water partition coefficient (Wildman–Crippen LogP) is 2.08. The quantitative estimate of drug-likeness (QED) is 0.723. The molecule has 2 heterocycles. The van der Waals surface area contributed by atoms with E-state index in [0.29, 0.717) is 23.7 Å². The Hall–Kier alpha value is -2.53. The zero-order valence-corrected chi connectivity index (χ0v) is 10.2. The third-order valence-electron chi connectivity index (χ3n) is 2.80. The highest BCUT2D eigenvalue weighted by atomic mass is 15.2. The summed E-state index contributed by atoms with van der Waals surface area (Å²) in [6.07, 6.45) is 1.50. The van der Waals surface area contributed by atoms with E-state index in [1.807, 2.05) is 47.4 Å². The molecule has 0 saturated carbocycles. The Bertz CT molecular complexity index is 732. The SMILES string of the molecule is [2H]c1cnc2ccc(N(CN)c3ccccc3)nc2n1. The molecule has 3 aromatic rings. The number of nitrogens with two attached hydrogens (primary N) is 1. The second kappa shape index (κ2) is 4.99. The first-order valence-electron chi connectivity index (χ1n) is 6.41. The summed E-state index contributed by atoms with van der Waals surface area (Å²) >= 11 is 0. The minimum absolute atomic E-state index is 0.0983. The summed E-state index contributed by atoms with van der Waals surface area (Å²) in [7, 11) is 0. The number of anilines is 2. The molecule has 5 nitrogen and oxygen atoms in total. The number of hydrogen-bond acceptors (Lipinski definition) is 5. The van der Waals surface area contributed by atoms with Gasteiger partial charge in [0.05, 0.1) is 8.04 Å². The van der Waals surface area contributed by atoms with Gasteiger partial charge in [-0.3, -0.25) is 4.98 Å². The van der Waals surface area contributed by atoms with Gasteiger partial charge in [-0.2, -0.15) is 0 Å². The topological polar surface area (TPSA) is 67.9 Å². The first-order chi connectivity index (χ1) is 9.78. The highest BCUT2D eigenvalue weighted by Gasteiger charge is 2.09. The number of benzene rings is 1. The minimum Gasteiger partial charge on any atom is -0.314 e. The van der Waals surface area contributed by atoms with Crippen molar-refractivity contribution in [2.45, 2.75) is 0 Å². The van der Waals surface area contributed by atoms with Gasteiger partial charge in [0.1, 0.15) is 11.3 Å². The Balaban J connectivity index is 2.08. The van der Waals surface area contributed by atoms with Gasteiger partial charge >= 0.3 is 0 Å². The van der Waals surface area contributed by atoms with Crippen molar-refractivity contribution in [2.24, 2.45) is 5.73 Å². The van der Waals surface area contributed by atoms with Crippen molar-refractivity contribution in [3.63, 3.8) is 0 Å². The summed E-state index contributed by atoms with van der Waals surface area (Å²) in [5.74, 6) is 0.686. The molecule has 0 aliphatic carbocycles. The lowest BCUT2D eigenvalue weighted by molar-refractivity contribution is 0.958. The molecule has 5 heteroatoms. The van der Waals surface area contributed by atoms with Gasteiger partial charge in [-0.1, -0.05) is 18.2 Å². The second-order valence-corrected chi connectivity index (χ2v) is 3.96. The molecular weight excluding hydrogens is 238 g/mol. The standard InChI is InChI=1S/C14H13N5/c15-10-19(11-4-2-1-3-5-11)13-7-6-12-14(18-13)17-9-8-16-12/h1-9H,10,15H2/i9D. The van der Waals surface area contributed by atoms with Gasteiger partial charge < -0.3 is 10.6 Å². The van der Waals surface area contributed by atoms with Crippen LogP contribution >= 0.6 is 0 Å². The lowest BCUT2D eigenvalue weighted by Crippen LogP contribution is -2.25. The van der Waals surface area contributed by atoms with Crippen LogP contribution in [0.5, 0.6) is 0 Å². The molecule has 0 fully saturated rings. The van der Waals surface area contributed by atoms with Crippen LogP contribution in [0.15, 0.2) is 54.8 Å². The number of hydrogen-bond donors (Lipinski definition) is 1. The van der Waals surface area contributed by atoms with Crippen LogP contribution < -0.4 is 10.6 Å². The Labute approximate surface area is 112 Å². The van der Waals surface area contributed by atoms with E-state index in [1.165, 1.54) is 6.20 Å². The molecule has 1 aromatic carbocycles. The lowest BCUT2D eigenvalue weighted by atomic mass is 10.3. The van der Waals surface area contributed by atoms with Crippen LogP contribution in [0.25, 0.3) is 11.2 Å². The van der Waals surface area contributed by atoms with Crippen LogP contribution in [0.1, 0.15) is 1.37 Å². The number of pyridine rings is 1. The fourth-order valence-corrected chi connectivity index (χ4v) is 1.89. The van der Waals surface area contributed by atoms with Crippen LogP contribution in [-0.4, -0.2) is 21.6 Å². The molecule has 0 aliphatic heterocycles. The summed E-state index contributed by atoms with van der Waals surface area (Å²) in [5, 5.41) is 0. The molecule has 2 N–H and O–H groups in total. The Morgan fingerprint density at radius 2 is 1.95 bits per heavy atom. The van der Waals surface area contributed by atoms with E-state index in [1.54, 1.807) is 0 Å². The van der Waals surface area contributed by atoms with Crippen molar-refractivity contribution >= 4 is 22.7 Å². The number of nitrogens with zero attached hydrogens (tertiary/aromatic N) is 4. The van der Waals surface area contributed by atoms with E-state index in [4.69, 9.17) is 7.10 Å². The average molecular weight is 252 g/mol. The van der Waals surface area contributed by atoms with Crippen molar-refractivity contribution in [3.8, 4) is 0 Å². The maximum Gasteiger partial charge on any atom is 0.180 e. The van der Waals surface area contributed by atoms with Crippen LogP contribution in [0.3, 0.4) is 0 Å². The molecule has 0 saturated heterocycles. The van der Waals surface area contributed by atoms with Gasteiger partial charge in [-0.15, -0.1) is 0 Å². The Morgan fingerprint density at radius 3 is 2.74 bits per heavy atom. The highest BCUT2D eigenvalue weighted by Crippen LogP contribution is 2.23. The van der Waals surface area contributed by atoms with E-state index in [2.05, 4.69) is 15.0 Å². The molecule has 94 valence electrons. The molecular formula is C14H13N5. The molecule has 3 rings (SSSR count). The summed E-state index contributed by atoms with van der Waals surface area (Å²) < 4.78 is 7.51. The van der Waals surface area contributed by atoms with Crippen LogP contribution in [0.4, 0.5) is 11.5 Å². The van der Waals surface area contributed by atoms with E-state index < -0.39 is 0 Å². The van der Waals surface area contributed by atoms with E-state index in [9.17, 15) is 0 Å². The minimum atomic E-state index is 0.0983. The first-order valence-corrected chi connectivity index (χ1v) is 5.91. The zero-order chi connectivity index (χ0) is 13.9. The van der Waals surface area contributed by atoms with Crippen LogP contribution in [-0.2, 0) is 0 Å². The van der Waals surface area contributed by atoms with Crippen molar-refractivity contribution in [2.75, 3.05) is 11.6 Å². The van der Waals surface area contributed by atoms with Gasteiger partial charge in [-0.25, -0.2) is 9.97 Å². The summed E-state index contributed by atoms with van der Waals surface area (Å²) in [6.45, 7) is 0.302. The van der Waals surface area contributed by atoms with Gasteiger partial charge in [-0.05, 0) is 24.3 Å². The van der Waals surface area contributed by atoms with E-state index >= 15 is 0 Å². The van der Waals surface area contributed by atoms with Gasteiger partial charge in [0.25, 0.3) is 0 Å². The number of rotatable bonds is 3. The smallest absolute Gasteiger partial charge is 0.180 e. The number of aromatic nitrogens is 3. The number of para-hydroxylation sites is 1. The summed E-state index contributed by atoms with van der Waals surface area (Å²) in [4.78, 5) is 14.5. The molecule has 0 spiro atoms. The third-order valence-corrected chi connectivity index (χ3v) is 2.80. The van der Waals surface area contributed by atoms with Crippen molar-refractivity contribution in [3.05, 3.63) is 54.8 Å². The molecule has 0 amide bonds. The molecule has 2 aromatic heterocycles.